The number of aromatic nitrogens is 2. The number of anilines is 1. The smallest absolute Gasteiger partial charge is 0.174 e. The zero-order chi connectivity index (χ0) is 18.5. The van der Waals surface area contributed by atoms with Crippen molar-refractivity contribution >= 4 is 34.1 Å². The van der Waals surface area contributed by atoms with E-state index in [1.54, 1.807) is 0 Å². The summed E-state index contributed by atoms with van der Waals surface area (Å²) >= 11 is 5.73. The molecule has 134 valence electrons. The third-order valence-corrected chi connectivity index (χ3v) is 4.61. The van der Waals surface area contributed by atoms with E-state index in [9.17, 15) is 0 Å². The molecular formula is C21H18N4OS. The topological polar surface area (TPSA) is 54.2 Å². The summed E-state index contributed by atoms with van der Waals surface area (Å²) in [7, 11) is 0. The van der Waals surface area contributed by atoms with Crippen molar-refractivity contribution in [2.75, 3.05) is 5.32 Å². The first-order valence-electron chi connectivity index (χ1n) is 8.65. The summed E-state index contributed by atoms with van der Waals surface area (Å²) < 4.78 is 4.84. The molecule has 0 saturated carbocycles. The maximum atomic E-state index is 5.73. The van der Waals surface area contributed by atoms with Crippen LogP contribution in [-0.2, 0) is 13.1 Å². The number of hydrogen-bond donors (Lipinski definition) is 1. The van der Waals surface area contributed by atoms with E-state index in [-0.39, 0.29) is 0 Å². The second kappa shape index (κ2) is 7.97. The van der Waals surface area contributed by atoms with Crippen LogP contribution in [-0.4, -0.2) is 20.3 Å². The van der Waals surface area contributed by atoms with E-state index in [2.05, 4.69) is 44.8 Å². The summed E-state index contributed by atoms with van der Waals surface area (Å²) in [5, 5.41) is 11.8. The van der Waals surface area contributed by atoms with E-state index in [0.717, 1.165) is 5.69 Å². The average Bonchev–Trinajstić information content (AvgIpc) is 3.19. The molecule has 27 heavy (non-hydrogen) atoms. The quantitative estimate of drug-likeness (QED) is 0.514. The Hall–Kier alpha value is -3.25. The number of fused-ring (bicyclic) bond motifs is 1. The van der Waals surface area contributed by atoms with Gasteiger partial charge in [-0.15, -0.1) is 0 Å². The van der Waals surface area contributed by atoms with Gasteiger partial charge in [0.1, 0.15) is 5.52 Å². The maximum Gasteiger partial charge on any atom is 0.174 e. The van der Waals surface area contributed by atoms with Crippen molar-refractivity contribution in [1.29, 1.82) is 0 Å². The fourth-order valence-electron chi connectivity index (χ4n) is 2.91. The van der Waals surface area contributed by atoms with Gasteiger partial charge in [0, 0.05) is 13.1 Å². The van der Waals surface area contributed by atoms with Crippen molar-refractivity contribution in [2.45, 2.75) is 13.1 Å². The molecule has 6 heteroatoms. The van der Waals surface area contributed by atoms with Crippen LogP contribution in [0, 0.1) is 0 Å². The summed E-state index contributed by atoms with van der Waals surface area (Å²) in [5.74, 6) is 0. The third kappa shape index (κ3) is 4.12. The minimum absolute atomic E-state index is 0.623. The monoisotopic (exact) mass is 374 g/mol. The number of thiocarbonyl (C=S) groups is 1. The first-order chi connectivity index (χ1) is 13.3. The summed E-state index contributed by atoms with van der Waals surface area (Å²) in [6.45, 7) is 1.41. The summed E-state index contributed by atoms with van der Waals surface area (Å²) in [4.78, 5) is 2.13. The molecule has 0 unspecified atom stereocenters. The van der Waals surface area contributed by atoms with Gasteiger partial charge in [0.15, 0.2) is 10.6 Å². The Kier molecular flexibility index (Phi) is 5.07. The summed E-state index contributed by atoms with van der Waals surface area (Å²) in [5.41, 5.74) is 4.53. The molecule has 1 aromatic heterocycles. The van der Waals surface area contributed by atoms with Crippen molar-refractivity contribution in [3.63, 3.8) is 0 Å². The fourth-order valence-corrected chi connectivity index (χ4v) is 3.15. The number of hydrogen-bond acceptors (Lipinski definition) is 4. The second-order valence-electron chi connectivity index (χ2n) is 6.19. The third-order valence-electron chi connectivity index (χ3n) is 4.25. The van der Waals surface area contributed by atoms with E-state index >= 15 is 0 Å². The highest BCUT2D eigenvalue weighted by molar-refractivity contribution is 7.80. The molecule has 0 bridgehead atoms. The summed E-state index contributed by atoms with van der Waals surface area (Å²) in [6, 6.07) is 26.2. The molecule has 0 radical (unpaired) electrons. The number of nitrogens with zero attached hydrogens (tertiary/aromatic N) is 3. The Bertz CT molecular complexity index is 992. The fraction of sp³-hybridized carbons (Fsp3) is 0.0952. The molecule has 0 fully saturated rings. The Morgan fingerprint density at radius 2 is 1.44 bits per heavy atom. The lowest BCUT2D eigenvalue weighted by Crippen LogP contribution is -2.33. The molecule has 4 rings (SSSR count). The minimum Gasteiger partial charge on any atom is -0.340 e. The molecule has 5 nitrogen and oxygen atoms in total. The van der Waals surface area contributed by atoms with Gasteiger partial charge in [0.2, 0.25) is 0 Å². The van der Waals surface area contributed by atoms with Crippen LogP contribution in [0.4, 0.5) is 5.69 Å². The zero-order valence-corrected chi connectivity index (χ0v) is 15.4. The van der Waals surface area contributed by atoms with Gasteiger partial charge in [0.25, 0.3) is 0 Å². The molecule has 0 saturated heterocycles. The zero-order valence-electron chi connectivity index (χ0n) is 14.6. The van der Waals surface area contributed by atoms with Gasteiger partial charge in [-0.05, 0) is 45.8 Å². The van der Waals surface area contributed by atoms with Gasteiger partial charge in [-0.1, -0.05) is 66.7 Å². The highest BCUT2D eigenvalue weighted by atomic mass is 32.1. The van der Waals surface area contributed by atoms with Crippen molar-refractivity contribution in [3.05, 3.63) is 90.0 Å². The van der Waals surface area contributed by atoms with Crippen LogP contribution in [0.5, 0.6) is 0 Å². The predicted octanol–water partition coefficient (Wildman–Crippen LogP) is 4.62. The lowest BCUT2D eigenvalue weighted by Gasteiger charge is -2.26. The van der Waals surface area contributed by atoms with Gasteiger partial charge >= 0.3 is 0 Å². The average molecular weight is 374 g/mol. The maximum absolute atomic E-state index is 5.73. The number of benzene rings is 3. The molecule has 1 N–H and O–H groups in total. The van der Waals surface area contributed by atoms with Gasteiger partial charge in [0.05, 0.1) is 5.69 Å². The SMILES string of the molecule is S=C(Nc1cccc2nonc12)N(Cc1ccccc1)Cc1ccccc1. The normalized spacial score (nSPS) is 10.7. The van der Waals surface area contributed by atoms with Crippen LogP contribution in [0.25, 0.3) is 11.0 Å². The number of rotatable bonds is 5. The molecule has 4 aromatic rings. The Balaban J connectivity index is 1.58. The first-order valence-corrected chi connectivity index (χ1v) is 9.05. The van der Waals surface area contributed by atoms with E-state index in [1.165, 1.54) is 11.1 Å². The molecule has 3 aromatic carbocycles. The van der Waals surface area contributed by atoms with Gasteiger partial charge in [-0.25, -0.2) is 4.63 Å². The lowest BCUT2D eigenvalue weighted by atomic mass is 10.2. The van der Waals surface area contributed by atoms with Crippen LogP contribution in [0.15, 0.2) is 83.5 Å². The van der Waals surface area contributed by atoms with E-state index in [4.69, 9.17) is 16.8 Å². The molecule has 0 aliphatic rings. The highest BCUT2D eigenvalue weighted by Crippen LogP contribution is 2.21. The lowest BCUT2D eigenvalue weighted by molar-refractivity contribution is 0.315. The Morgan fingerprint density at radius 3 is 2.07 bits per heavy atom. The molecule has 0 atom stereocenters. The van der Waals surface area contributed by atoms with Crippen molar-refractivity contribution in [1.82, 2.24) is 15.2 Å². The molecule has 0 aliphatic carbocycles. The van der Waals surface area contributed by atoms with Crippen molar-refractivity contribution in [3.8, 4) is 0 Å². The van der Waals surface area contributed by atoms with E-state index in [0.29, 0.717) is 29.2 Å². The molecule has 1 heterocycles. The van der Waals surface area contributed by atoms with Crippen molar-refractivity contribution < 1.29 is 4.63 Å². The standard InChI is InChI=1S/C21H18N4OS/c27-21(22-18-12-7-13-19-20(18)24-26-23-19)25(14-16-8-3-1-4-9-16)15-17-10-5-2-6-11-17/h1-13H,14-15H2,(H,22,27). The molecule has 0 spiro atoms. The van der Waals surface area contributed by atoms with E-state index in [1.807, 2.05) is 54.6 Å². The number of nitrogens with one attached hydrogen (secondary N) is 1. The van der Waals surface area contributed by atoms with Gasteiger partial charge < -0.3 is 10.2 Å². The van der Waals surface area contributed by atoms with Gasteiger partial charge in [-0.3, -0.25) is 0 Å². The summed E-state index contributed by atoms with van der Waals surface area (Å²) in [6.07, 6.45) is 0. The first kappa shape index (κ1) is 17.2. The minimum atomic E-state index is 0.623. The van der Waals surface area contributed by atoms with Crippen LogP contribution < -0.4 is 5.32 Å². The highest BCUT2D eigenvalue weighted by Gasteiger charge is 2.14. The molecule has 0 amide bonds. The largest absolute Gasteiger partial charge is 0.340 e. The van der Waals surface area contributed by atoms with Crippen LogP contribution in [0.1, 0.15) is 11.1 Å². The van der Waals surface area contributed by atoms with Gasteiger partial charge in [-0.2, -0.15) is 0 Å². The predicted molar refractivity (Wildman–Crippen MR) is 110 cm³/mol. The van der Waals surface area contributed by atoms with Crippen LogP contribution in [0.3, 0.4) is 0 Å². The molecular weight excluding hydrogens is 356 g/mol. The Morgan fingerprint density at radius 1 is 0.815 bits per heavy atom. The van der Waals surface area contributed by atoms with E-state index < -0.39 is 0 Å². The Labute approximate surface area is 162 Å². The van der Waals surface area contributed by atoms with Crippen LogP contribution >= 0.6 is 12.2 Å². The van der Waals surface area contributed by atoms with Crippen LogP contribution in [0.2, 0.25) is 0 Å². The molecule has 0 aliphatic heterocycles. The second-order valence-corrected chi connectivity index (χ2v) is 6.58. The van der Waals surface area contributed by atoms with Crippen molar-refractivity contribution in [2.24, 2.45) is 0 Å².